The summed E-state index contributed by atoms with van der Waals surface area (Å²) in [6.07, 6.45) is -0.0470. The van der Waals surface area contributed by atoms with Gasteiger partial charge in [-0.15, -0.1) is 0 Å². The molecular weight excluding hydrogens is 424 g/mol. The van der Waals surface area contributed by atoms with E-state index in [1.165, 1.54) is 7.11 Å². The summed E-state index contributed by atoms with van der Waals surface area (Å²) in [5.41, 5.74) is 3.02. The van der Waals surface area contributed by atoms with Crippen molar-refractivity contribution in [3.8, 4) is 34.5 Å². The van der Waals surface area contributed by atoms with Crippen LogP contribution in [-0.2, 0) is 0 Å². The van der Waals surface area contributed by atoms with E-state index in [-0.39, 0.29) is 17.5 Å². The number of phenolic OH excluding ortho intramolecular Hbond substituents is 2. The summed E-state index contributed by atoms with van der Waals surface area (Å²) in [7, 11) is 4.69. The predicted molar refractivity (Wildman–Crippen MR) is 121 cm³/mol. The number of benzene rings is 3. The Labute approximate surface area is 191 Å². The van der Waals surface area contributed by atoms with E-state index in [4.69, 9.17) is 24.0 Å². The second kappa shape index (κ2) is 8.12. The topological polar surface area (TPSA) is 93.0 Å². The molecule has 0 saturated heterocycles. The maximum atomic E-state index is 10.5. The van der Waals surface area contributed by atoms with Gasteiger partial charge in [-0.3, -0.25) is 0 Å². The Balaban J connectivity index is 1.64. The molecule has 0 spiro atoms. The van der Waals surface area contributed by atoms with Crippen molar-refractivity contribution in [3.05, 3.63) is 71.3 Å². The minimum atomic E-state index is -0.599. The van der Waals surface area contributed by atoms with Gasteiger partial charge in [-0.2, -0.15) is 5.10 Å². The van der Waals surface area contributed by atoms with Crippen molar-refractivity contribution < 1.29 is 29.2 Å². The van der Waals surface area contributed by atoms with Crippen LogP contribution >= 0.6 is 0 Å². The van der Waals surface area contributed by atoms with Crippen molar-refractivity contribution in [1.29, 1.82) is 0 Å². The third kappa shape index (κ3) is 3.44. The van der Waals surface area contributed by atoms with Gasteiger partial charge in [0.25, 0.3) is 0 Å². The van der Waals surface area contributed by atoms with Crippen LogP contribution in [0.25, 0.3) is 0 Å². The first-order chi connectivity index (χ1) is 16.0. The van der Waals surface area contributed by atoms with E-state index in [1.807, 2.05) is 23.2 Å². The number of hydrogen-bond acceptors (Lipinski definition) is 8. The van der Waals surface area contributed by atoms with Gasteiger partial charge in [0.1, 0.15) is 11.5 Å². The highest BCUT2D eigenvalue weighted by atomic mass is 16.5. The van der Waals surface area contributed by atoms with Gasteiger partial charge in [-0.05, 0) is 42.5 Å². The highest BCUT2D eigenvalue weighted by Crippen LogP contribution is 2.51. The second-order valence-corrected chi connectivity index (χ2v) is 7.81. The molecule has 2 aliphatic rings. The van der Waals surface area contributed by atoms with E-state index in [1.54, 1.807) is 50.6 Å². The molecule has 0 bridgehead atoms. The molecule has 2 atom stereocenters. The highest BCUT2D eigenvalue weighted by Gasteiger charge is 2.42. The van der Waals surface area contributed by atoms with Gasteiger partial charge in [0.05, 0.1) is 33.1 Å². The quantitative estimate of drug-likeness (QED) is 0.599. The Hall–Kier alpha value is -4.07. The predicted octanol–water partition coefficient (Wildman–Crippen LogP) is 4.37. The molecule has 0 saturated carbocycles. The van der Waals surface area contributed by atoms with Crippen LogP contribution in [0.2, 0.25) is 0 Å². The molecule has 33 heavy (non-hydrogen) atoms. The van der Waals surface area contributed by atoms with E-state index in [2.05, 4.69) is 0 Å². The first-order valence-electron chi connectivity index (χ1n) is 10.5. The van der Waals surface area contributed by atoms with Gasteiger partial charge < -0.3 is 29.2 Å². The Kier molecular flexibility index (Phi) is 5.12. The molecule has 0 radical (unpaired) electrons. The first-order valence-corrected chi connectivity index (χ1v) is 10.5. The van der Waals surface area contributed by atoms with E-state index in [9.17, 15) is 10.2 Å². The maximum Gasteiger partial charge on any atom is 0.214 e. The monoisotopic (exact) mass is 448 g/mol. The molecule has 2 aliphatic heterocycles. The van der Waals surface area contributed by atoms with Crippen molar-refractivity contribution in [3.63, 3.8) is 0 Å². The largest absolute Gasteiger partial charge is 0.507 e. The maximum absolute atomic E-state index is 10.5. The molecular formula is C25H24N2O6. The lowest BCUT2D eigenvalue weighted by Gasteiger charge is -2.38. The fourth-order valence-corrected chi connectivity index (χ4v) is 4.35. The number of para-hydroxylation sites is 1. The van der Waals surface area contributed by atoms with E-state index >= 15 is 0 Å². The van der Waals surface area contributed by atoms with E-state index in [0.29, 0.717) is 40.7 Å². The number of nitrogens with zero attached hydrogens (tertiary/aromatic N) is 2. The van der Waals surface area contributed by atoms with Gasteiger partial charge in [-0.25, -0.2) is 5.01 Å². The number of fused-ring (bicyclic) bond motifs is 3. The minimum absolute atomic E-state index is 0.0403. The highest BCUT2D eigenvalue weighted by molar-refractivity contribution is 6.04. The van der Waals surface area contributed by atoms with Crippen LogP contribution in [0, 0.1) is 0 Å². The Morgan fingerprint density at radius 3 is 2.45 bits per heavy atom. The van der Waals surface area contributed by atoms with Crippen LogP contribution in [0.1, 0.15) is 35.4 Å². The number of phenols is 2. The average molecular weight is 448 g/mol. The van der Waals surface area contributed by atoms with Crippen molar-refractivity contribution in [2.75, 3.05) is 21.3 Å². The Bertz CT molecular complexity index is 1240. The third-order valence-electron chi connectivity index (χ3n) is 6.00. The second-order valence-electron chi connectivity index (χ2n) is 7.81. The molecule has 0 amide bonds. The molecule has 2 heterocycles. The molecule has 5 rings (SSSR count). The number of ether oxygens (including phenoxy) is 4. The zero-order chi connectivity index (χ0) is 23.1. The third-order valence-corrected chi connectivity index (χ3v) is 6.00. The summed E-state index contributed by atoms with van der Waals surface area (Å²) in [6.45, 7) is 0. The summed E-state index contributed by atoms with van der Waals surface area (Å²) in [4.78, 5) is 0. The summed E-state index contributed by atoms with van der Waals surface area (Å²) >= 11 is 0. The Morgan fingerprint density at radius 2 is 1.70 bits per heavy atom. The van der Waals surface area contributed by atoms with Crippen LogP contribution < -0.4 is 18.9 Å². The number of hydrazone groups is 1. The van der Waals surface area contributed by atoms with Crippen LogP contribution in [0.5, 0.6) is 34.5 Å². The molecule has 3 aromatic rings. The Morgan fingerprint density at radius 1 is 0.909 bits per heavy atom. The van der Waals surface area contributed by atoms with Gasteiger partial charge in [0.2, 0.25) is 6.23 Å². The van der Waals surface area contributed by atoms with Crippen molar-refractivity contribution in [2.45, 2.75) is 18.7 Å². The molecule has 8 heteroatoms. The summed E-state index contributed by atoms with van der Waals surface area (Å²) in [6, 6.07) is 15.8. The smallest absolute Gasteiger partial charge is 0.214 e. The summed E-state index contributed by atoms with van der Waals surface area (Å²) in [5, 5.41) is 27.3. The molecule has 8 nitrogen and oxygen atoms in total. The number of rotatable bonds is 5. The fraction of sp³-hybridized carbons (Fsp3) is 0.240. The van der Waals surface area contributed by atoms with E-state index in [0.717, 1.165) is 11.1 Å². The molecule has 0 aliphatic carbocycles. The molecule has 2 N–H and O–H groups in total. The van der Waals surface area contributed by atoms with Gasteiger partial charge in [0.15, 0.2) is 23.0 Å². The standard InChI is InChI=1S/C25H24N2O6/c1-30-15-8-10-20(28)17(12-15)18-13-19-16-5-4-6-22(31-2)24(16)33-25(27(19)26-18)14-7-9-21(29)23(11-14)32-3/h4-12,19,25,28-29H,13H2,1-3H3/t19-,25-/m0/s1. The number of methoxy groups -OCH3 is 3. The van der Waals surface area contributed by atoms with Crippen molar-refractivity contribution in [2.24, 2.45) is 5.10 Å². The average Bonchev–Trinajstić information content (AvgIpc) is 3.29. The van der Waals surface area contributed by atoms with Crippen LogP contribution in [-0.4, -0.2) is 42.3 Å². The van der Waals surface area contributed by atoms with Crippen LogP contribution in [0.3, 0.4) is 0 Å². The molecule has 0 unspecified atom stereocenters. The SMILES string of the molecule is COc1ccc(O)c(C2=NN3[C@@H](C2)c2cccc(OC)c2O[C@H]3c2ccc(O)c(OC)c2)c1. The zero-order valence-electron chi connectivity index (χ0n) is 18.5. The molecule has 3 aromatic carbocycles. The number of hydrogen-bond donors (Lipinski definition) is 2. The lowest BCUT2D eigenvalue weighted by atomic mass is 9.95. The minimum Gasteiger partial charge on any atom is -0.507 e. The summed E-state index contributed by atoms with van der Waals surface area (Å²) < 4.78 is 22.6. The van der Waals surface area contributed by atoms with Gasteiger partial charge in [0, 0.05) is 23.1 Å². The van der Waals surface area contributed by atoms with Crippen LogP contribution in [0.4, 0.5) is 0 Å². The first kappa shape index (κ1) is 20.8. The van der Waals surface area contributed by atoms with Gasteiger partial charge >= 0.3 is 0 Å². The van der Waals surface area contributed by atoms with Crippen molar-refractivity contribution in [1.82, 2.24) is 5.01 Å². The van der Waals surface area contributed by atoms with Gasteiger partial charge in [-0.1, -0.05) is 12.1 Å². The zero-order valence-corrected chi connectivity index (χ0v) is 18.5. The molecule has 0 aromatic heterocycles. The molecule has 0 fully saturated rings. The normalized spacial score (nSPS) is 18.6. The lowest BCUT2D eigenvalue weighted by molar-refractivity contribution is -0.0210. The van der Waals surface area contributed by atoms with Crippen molar-refractivity contribution >= 4 is 5.71 Å². The van der Waals surface area contributed by atoms with Crippen LogP contribution in [0.15, 0.2) is 59.7 Å². The lowest BCUT2D eigenvalue weighted by Crippen LogP contribution is -2.33. The fourth-order valence-electron chi connectivity index (χ4n) is 4.35. The van der Waals surface area contributed by atoms with E-state index < -0.39 is 6.23 Å². The molecule has 170 valence electrons. The number of aromatic hydroxyl groups is 2. The summed E-state index contributed by atoms with van der Waals surface area (Å²) in [5.74, 6) is 2.41.